The minimum absolute atomic E-state index is 0.921. The molecule has 0 bridgehead atoms. The molecule has 0 aromatic rings. The zero-order valence-corrected chi connectivity index (χ0v) is 7.28. The molecule has 0 saturated heterocycles. The first kappa shape index (κ1) is 9.60. The van der Waals surface area contributed by atoms with Crippen molar-refractivity contribution in [3.63, 3.8) is 0 Å². The first-order chi connectivity index (χ1) is 4.22. The second-order valence-corrected chi connectivity index (χ2v) is 3.15. The van der Waals surface area contributed by atoms with E-state index in [9.17, 15) is 0 Å². The van der Waals surface area contributed by atoms with Gasteiger partial charge in [-0.2, -0.15) is 0 Å². The van der Waals surface area contributed by atoms with Crippen molar-refractivity contribution in [1.82, 2.24) is 0 Å². The van der Waals surface area contributed by atoms with Gasteiger partial charge >= 0.3 is 68.3 Å². The number of hydrogen-bond donors (Lipinski definition) is 0. The van der Waals surface area contributed by atoms with Crippen LogP contribution in [0.1, 0.15) is 40.0 Å². The average molecular weight is 120 g/mol. The molecule has 0 nitrogen and oxygen atoms in total. The number of rotatable bonds is 4. The Morgan fingerprint density at radius 3 is 2.22 bits per heavy atom. The zero-order chi connectivity index (χ0) is 7.28. The summed E-state index contributed by atoms with van der Waals surface area (Å²) in [6, 6.07) is 0. The molecule has 0 spiro atoms. The van der Waals surface area contributed by atoms with Crippen LogP contribution in [0, 0.1) is 5.92 Å². The molecule has 0 saturated carbocycles. The third kappa shape index (κ3) is 4.06. The van der Waals surface area contributed by atoms with Crippen molar-refractivity contribution >= 4 is 17.7 Å². The molecule has 9 heavy (non-hydrogen) atoms. The van der Waals surface area contributed by atoms with Crippen molar-refractivity contribution in [2.75, 3.05) is 0 Å². The summed E-state index contributed by atoms with van der Waals surface area (Å²) in [5.41, 5.74) is 0. The summed E-state index contributed by atoms with van der Waals surface area (Å²) in [7, 11) is 0. The van der Waals surface area contributed by atoms with Gasteiger partial charge in [0, 0.05) is 0 Å². The van der Waals surface area contributed by atoms with Gasteiger partial charge in [-0.05, 0) is 0 Å². The Morgan fingerprint density at radius 1 is 1.33 bits per heavy atom. The van der Waals surface area contributed by atoms with Crippen LogP contribution in [-0.4, -0.2) is 17.7 Å². The van der Waals surface area contributed by atoms with Crippen molar-refractivity contribution in [3.8, 4) is 0 Å². The SMILES string of the molecule is [Li][CH](CCC)C(C)CC. The second kappa shape index (κ2) is 5.39. The molecular weight excluding hydrogens is 103 g/mol. The molecule has 0 aromatic heterocycles. The van der Waals surface area contributed by atoms with Crippen LogP contribution in [0.3, 0.4) is 0 Å². The van der Waals surface area contributed by atoms with Crippen molar-refractivity contribution in [2.24, 2.45) is 5.92 Å². The van der Waals surface area contributed by atoms with Gasteiger partial charge in [-0.1, -0.05) is 0 Å². The van der Waals surface area contributed by atoms with Gasteiger partial charge in [0.2, 0.25) is 0 Å². The fourth-order valence-corrected chi connectivity index (χ4v) is 1.14. The van der Waals surface area contributed by atoms with Gasteiger partial charge in [0.15, 0.2) is 0 Å². The fraction of sp³-hybridized carbons (Fsp3) is 1.00. The van der Waals surface area contributed by atoms with Crippen LogP contribution in [0.4, 0.5) is 0 Å². The molecule has 0 N–H and O–H groups in total. The minimum atomic E-state index is 0.921. The Kier molecular flexibility index (Phi) is 5.75. The molecule has 1 heteroatoms. The maximum atomic E-state index is 2.36. The van der Waals surface area contributed by atoms with Gasteiger partial charge in [-0.15, -0.1) is 0 Å². The predicted molar refractivity (Wildman–Crippen MR) is 43.9 cm³/mol. The third-order valence-corrected chi connectivity index (χ3v) is 2.36. The average Bonchev–Trinajstić information content (AvgIpc) is 1.87. The molecule has 50 valence electrons. The van der Waals surface area contributed by atoms with Gasteiger partial charge in [-0.3, -0.25) is 0 Å². The fourth-order valence-electron chi connectivity index (χ4n) is 1.14. The van der Waals surface area contributed by atoms with E-state index in [0.717, 1.165) is 10.5 Å². The Labute approximate surface area is 68.6 Å². The first-order valence-electron chi connectivity index (χ1n) is 4.22. The topological polar surface area (TPSA) is 0 Å². The first-order valence-corrected chi connectivity index (χ1v) is 4.22. The molecule has 0 aromatic carbocycles. The van der Waals surface area contributed by atoms with Crippen LogP contribution in [0.15, 0.2) is 0 Å². The summed E-state index contributed by atoms with van der Waals surface area (Å²) >= 11 is 2.36. The van der Waals surface area contributed by atoms with Crippen LogP contribution in [-0.2, 0) is 0 Å². The van der Waals surface area contributed by atoms with Crippen molar-refractivity contribution in [2.45, 2.75) is 44.6 Å². The molecule has 0 amide bonds. The van der Waals surface area contributed by atoms with E-state index in [-0.39, 0.29) is 0 Å². The Bertz CT molecular complexity index is 61.6. The summed E-state index contributed by atoms with van der Waals surface area (Å²) in [5, 5.41) is 0. The van der Waals surface area contributed by atoms with E-state index in [1.54, 1.807) is 0 Å². The summed E-state index contributed by atoms with van der Waals surface area (Å²) < 4.78 is 0.931. The molecule has 0 aliphatic rings. The standard InChI is InChI=1S/C8H17.Li/c1-4-6-7-8(3)5-2;/h7-8H,4-6H2,1-3H3;. The zero-order valence-electron chi connectivity index (χ0n) is 7.28. The molecular formula is C8H17Li. The normalized spacial score (nSPS) is 17.4. The van der Waals surface area contributed by atoms with Crippen LogP contribution in [0.25, 0.3) is 0 Å². The Morgan fingerprint density at radius 2 is 1.89 bits per heavy atom. The molecule has 0 aliphatic heterocycles. The van der Waals surface area contributed by atoms with Crippen LogP contribution < -0.4 is 0 Å². The number of hydrogen-bond acceptors (Lipinski definition) is 0. The van der Waals surface area contributed by atoms with E-state index in [4.69, 9.17) is 0 Å². The Hall–Kier alpha value is 0.597. The molecule has 0 heterocycles. The second-order valence-electron chi connectivity index (χ2n) is 3.15. The molecule has 0 rings (SSSR count). The summed E-state index contributed by atoms with van der Waals surface area (Å²) in [4.78, 5) is 0. The molecule has 0 fully saturated rings. The molecule has 2 atom stereocenters. The van der Waals surface area contributed by atoms with Gasteiger partial charge in [0.1, 0.15) is 0 Å². The molecule has 0 radical (unpaired) electrons. The van der Waals surface area contributed by atoms with E-state index < -0.39 is 0 Å². The van der Waals surface area contributed by atoms with E-state index in [0.29, 0.717) is 0 Å². The maximum absolute atomic E-state index is 2.36. The molecule has 0 aliphatic carbocycles. The predicted octanol–water partition coefficient (Wildman–Crippen LogP) is 2.79. The van der Waals surface area contributed by atoms with E-state index in [2.05, 4.69) is 38.5 Å². The van der Waals surface area contributed by atoms with Crippen molar-refractivity contribution in [1.29, 1.82) is 0 Å². The van der Waals surface area contributed by atoms with Gasteiger partial charge in [0.25, 0.3) is 0 Å². The molecule has 2 unspecified atom stereocenters. The van der Waals surface area contributed by atoms with Crippen LogP contribution in [0.2, 0.25) is 4.59 Å². The van der Waals surface area contributed by atoms with Gasteiger partial charge in [0.05, 0.1) is 0 Å². The third-order valence-electron chi connectivity index (χ3n) is 2.36. The van der Waals surface area contributed by atoms with E-state index in [1.165, 1.54) is 19.3 Å². The van der Waals surface area contributed by atoms with Crippen molar-refractivity contribution < 1.29 is 0 Å². The Balaban J connectivity index is 3.32. The monoisotopic (exact) mass is 120 g/mol. The van der Waals surface area contributed by atoms with Gasteiger partial charge < -0.3 is 0 Å². The summed E-state index contributed by atoms with van der Waals surface area (Å²) in [5.74, 6) is 0.921. The summed E-state index contributed by atoms with van der Waals surface area (Å²) in [6.07, 6.45) is 4.07. The van der Waals surface area contributed by atoms with Crippen molar-refractivity contribution in [3.05, 3.63) is 0 Å². The van der Waals surface area contributed by atoms with Crippen LogP contribution >= 0.6 is 0 Å². The van der Waals surface area contributed by atoms with Gasteiger partial charge in [-0.25, -0.2) is 0 Å². The van der Waals surface area contributed by atoms with E-state index in [1.807, 2.05) is 0 Å². The summed E-state index contributed by atoms with van der Waals surface area (Å²) in [6.45, 7) is 6.88. The van der Waals surface area contributed by atoms with Crippen LogP contribution in [0.5, 0.6) is 0 Å². The van der Waals surface area contributed by atoms with E-state index >= 15 is 0 Å². The quantitative estimate of drug-likeness (QED) is 0.500.